The van der Waals surface area contributed by atoms with Crippen LogP contribution in [-0.2, 0) is 11.3 Å². The van der Waals surface area contributed by atoms with E-state index in [-0.39, 0.29) is 5.41 Å². The number of rotatable bonds is 4. The van der Waals surface area contributed by atoms with Crippen molar-refractivity contribution in [1.82, 2.24) is 15.3 Å². The average molecular weight is 223 g/mol. The maximum atomic E-state index is 5.43. The van der Waals surface area contributed by atoms with E-state index in [1.54, 1.807) is 7.11 Å². The lowest BCUT2D eigenvalue weighted by Crippen LogP contribution is -2.60. The van der Waals surface area contributed by atoms with Crippen LogP contribution in [0.15, 0.2) is 6.20 Å². The quantitative estimate of drug-likeness (QED) is 0.815. The van der Waals surface area contributed by atoms with Crippen LogP contribution in [0.3, 0.4) is 0 Å². The molecule has 1 aliphatic carbocycles. The molecule has 1 aliphatic rings. The third-order valence-corrected chi connectivity index (χ3v) is 3.76. The predicted molar refractivity (Wildman–Crippen MR) is 63.1 cm³/mol. The van der Waals surface area contributed by atoms with Gasteiger partial charge in [0.2, 0.25) is 0 Å². The molecule has 1 aromatic heterocycles. The van der Waals surface area contributed by atoms with E-state index in [4.69, 9.17) is 4.74 Å². The van der Waals surface area contributed by atoms with Gasteiger partial charge in [-0.05, 0) is 13.3 Å². The molecule has 1 fully saturated rings. The van der Waals surface area contributed by atoms with Crippen LogP contribution in [0.25, 0.3) is 0 Å². The van der Waals surface area contributed by atoms with Crippen molar-refractivity contribution >= 4 is 0 Å². The Hall–Kier alpha value is -0.870. The molecule has 16 heavy (non-hydrogen) atoms. The number of aromatic amines is 1. The van der Waals surface area contributed by atoms with Gasteiger partial charge in [0.15, 0.2) is 0 Å². The molecule has 1 saturated carbocycles. The number of imidazole rings is 1. The van der Waals surface area contributed by atoms with Crippen LogP contribution in [0.1, 0.15) is 31.8 Å². The lowest BCUT2D eigenvalue weighted by atomic mass is 9.64. The predicted octanol–water partition coefficient (Wildman–Crippen LogP) is 1.62. The molecule has 2 atom stereocenters. The molecule has 2 unspecified atom stereocenters. The molecule has 2 N–H and O–H groups in total. The Bertz CT molecular complexity index is 359. The summed E-state index contributed by atoms with van der Waals surface area (Å²) in [5.41, 5.74) is 1.37. The Balaban J connectivity index is 1.84. The fourth-order valence-corrected chi connectivity index (χ4v) is 2.43. The normalized spacial score (nSPS) is 27.8. The highest BCUT2D eigenvalue weighted by Crippen LogP contribution is 2.42. The third-order valence-electron chi connectivity index (χ3n) is 3.76. The van der Waals surface area contributed by atoms with Crippen molar-refractivity contribution in [3.63, 3.8) is 0 Å². The van der Waals surface area contributed by atoms with Gasteiger partial charge in [-0.2, -0.15) is 0 Å². The first-order valence-electron chi connectivity index (χ1n) is 5.80. The van der Waals surface area contributed by atoms with E-state index in [2.05, 4.69) is 29.1 Å². The fraction of sp³-hybridized carbons (Fsp3) is 0.750. The SMILES string of the molecule is COC1CC(NCc2cnc(C)[nH]2)C1(C)C. The summed E-state index contributed by atoms with van der Waals surface area (Å²) in [4.78, 5) is 7.41. The van der Waals surface area contributed by atoms with E-state index in [0.717, 1.165) is 24.5 Å². The topological polar surface area (TPSA) is 49.9 Å². The van der Waals surface area contributed by atoms with Crippen LogP contribution >= 0.6 is 0 Å². The summed E-state index contributed by atoms with van der Waals surface area (Å²) in [6.45, 7) is 7.32. The van der Waals surface area contributed by atoms with Gasteiger partial charge in [-0.1, -0.05) is 13.8 Å². The van der Waals surface area contributed by atoms with Crippen molar-refractivity contribution in [2.75, 3.05) is 7.11 Å². The highest BCUT2D eigenvalue weighted by molar-refractivity contribution is 5.05. The van der Waals surface area contributed by atoms with Gasteiger partial charge in [0, 0.05) is 37.0 Å². The number of aromatic nitrogens is 2. The molecule has 0 bridgehead atoms. The van der Waals surface area contributed by atoms with Crippen LogP contribution < -0.4 is 5.32 Å². The third kappa shape index (κ3) is 1.99. The highest BCUT2D eigenvalue weighted by atomic mass is 16.5. The van der Waals surface area contributed by atoms with Gasteiger partial charge in [0.05, 0.1) is 6.10 Å². The number of hydrogen-bond donors (Lipinski definition) is 2. The first-order chi connectivity index (χ1) is 7.54. The molecule has 0 amide bonds. The summed E-state index contributed by atoms with van der Waals surface area (Å²) in [5.74, 6) is 0.972. The molecular formula is C12H21N3O. The first kappa shape index (κ1) is 11.6. The van der Waals surface area contributed by atoms with Gasteiger partial charge in [-0.3, -0.25) is 0 Å². The van der Waals surface area contributed by atoms with Crippen LogP contribution in [0.4, 0.5) is 0 Å². The number of ether oxygens (including phenoxy) is 1. The Morgan fingerprint density at radius 3 is 2.88 bits per heavy atom. The van der Waals surface area contributed by atoms with E-state index in [1.807, 2.05) is 13.1 Å². The molecule has 1 heterocycles. The maximum absolute atomic E-state index is 5.43. The minimum Gasteiger partial charge on any atom is -0.381 e. The second kappa shape index (κ2) is 4.18. The molecule has 0 spiro atoms. The molecule has 1 aromatic rings. The number of aryl methyl sites for hydroxylation is 1. The van der Waals surface area contributed by atoms with Gasteiger partial charge in [0.1, 0.15) is 5.82 Å². The van der Waals surface area contributed by atoms with Gasteiger partial charge in [-0.25, -0.2) is 4.98 Å². The zero-order chi connectivity index (χ0) is 11.8. The summed E-state index contributed by atoms with van der Waals surface area (Å²) in [7, 11) is 1.79. The second-order valence-electron chi connectivity index (χ2n) is 5.21. The highest BCUT2D eigenvalue weighted by Gasteiger charge is 2.48. The Kier molecular flexibility index (Phi) is 3.04. The van der Waals surface area contributed by atoms with Gasteiger partial charge in [0.25, 0.3) is 0 Å². The van der Waals surface area contributed by atoms with E-state index in [9.17, 15) is 0 Å². The number of hydrogen-bond acceptors (Lipinski definition) is 3. The molecule has 0 saturated heterocycles. The lowest BCUT2D eigenvalue weighted by molar-refractivity contribution is -0.0979. The Labute approximate surface area is 96.8 Å². The van der Waals surface area contributed by atoms with Crippen LogP contribution in [0.2, 0.25) is 0 Å². The van der Waals surface area contributed by atoms with E-state index < -0.39 is 0 Å². The molecule has 0 radical (unpaired) electrons. The van der Waals surface area contributed by atoms with E-state index in [0.29, 0.717) is 12.1 Å². The second-order valence-corrected chi connectivity index (χ2v) is 5.21. The van der Waals surface area contributed by atoms with Crippen molar-refractivity contribution in [3.8, 4) is 0 Å². The van der Waals surface area contributed by atoms with Crippen LogP contribution in [0.5, 0.6) is 0 Å². The monoisotopic (exact) mass is 223 g/mol. The van der Waals surface area contributed by atoms with E-state index in [1.165, 1.54) is 0 Å². The summed E-state index contributed by atoms with van der Waals surface area (Å²) in [6.07, 6.45) is 3.37. The standard InChI is InChI=1S/C12H21N3O/c1-8-13-6-9(15-8)7-14-10-5-11(16-4)12(10,2)3/h6,10-11,14H,5,7H2,1-4H3,(H,13,15). The number of H-pyrrole nitrogens is 1. The van der Waals surface area contributed by atoms with Gasteiger partial charge >= 0.3 is 0 Å². The zero-order valence-electron chi connectivity index (χ0n) is 10.5. The fourth-order valence-electron chi connectivity index (χ4n) is 2.43. The molecule has 2 rings (SSSR count). The minimum atomic E-state index is 0.226. The van der Waals surface area contributed by atoms with Gasteiger partial charge in [-0.15, -0.1) is 0 Å². The van der Waals surface area contributed by atoms with Crippen molar-refractivity contribution < 1.29 is 4.74 Å². The molecule has 4 heteroatoms. The van der Waals surface area contributed by atoms with Crippen LogP contribution in [-0.4, -0.2) is 29.2 Å². The molecule has 4 nitrogen and oxygen atoms in total. The summed E-state index contributed by atoms with van der Waals surface area (Å²) < 4.78 is 5.43. The van der Waals surface area contributed by atoms with Crippen molar-refractivity contribution in [1.29, 1.82) is 0 Å². The van der Waals surface area contributed by atoms with E-state index >= 15 is 0 Å². The number of nitrogens with zero attached hydrogens (tertiary/aromatic N) is 1. The van der Waals surface area contributed by atoms with Crippen molar-refractivity contribution in [2.24, 2.45) is 5.41 Å². The smallest absolute Gasteiger partial charge is 0.103 e. The van der Waals surface area contributed by atoms with Crippen LogP contribution in [0, 0.1) is 12.3 Å². The molecule has 0 aromatic carbocycles. The molecule has 0 aliphatic heterocycles. The minimum absolute atomic E-state index is 0.226. The number of methoxy groups -OCH3 is 1. The molecular weight excluding hydrogens is 202 g/mol. The first-order valence-corrected chi connectivity index (χ1v) is 5.80. The maximum Gasteiger partial charge on any atom is 0.103 e. The molecule has 90 valence electrons. The Morgan fingerprint density at radius 2 is 2.38 bits per heavy atom. The summed E-state index contributed by atoms with van der Waals surface area (Å²) in [6, 6.07) is 0.529. The average Bonchev–Trinajstić information content (AvgIpc) is 2.63. The largest absolute Gasteiger partial charge is 0.381 e. The lowest BCUT2D eigenvalue weighted by Gasteiger charge is -2.51. The van der Waals surface area contributed by atoms with Crippen molar-refractivity contribution in [3.05, 3.63) is 17.7 Å². The summed E-state index contributed by atoms with van der Waals surface area (Å²) in [5, 5.41) is 3.55. The van der Waals surface area contributed by atoms with Crippen molar-refractivity contribution in [2.45, 2.75) is 45.9 Å². The van der Waals surface area contributed by atoms with Gasteiger partial charge < -0.3 is 15.0 Å². The zero-order valence-corrected chi connectivity index (χ0v) is 10.5. The Morgan fingerprint density at radius 1 is 1.62 bits per heavy atom. The number of nitrogens with one attached hydrogen (secondary N) is 2. The summed E-state index contributed by atoms with van der Waals surface area (Å²) >= 11 is 0.